The highest BCUT2D eigenvalue weighted by atomic mass is 16.3. The minimum absolute atomic E-state index is 0.244. The van der Waals surface area contributed by atoms with E-state index in [0.29, 0.717) is 5.92 Å². The zero-order chi connectivity index (χ0) is 16.5. The van der Waals surface area contributed by atoms with Crippen LogP contribution in [0, 0.1) is 5.92 Å². The number of benzene rings is 1. The van der Waals surface area contributed by atoms with Gasteiger partial charge in [-0.25, -0.2) is 4.98 Å². The van der Waals surface area contributed by atoms with Crippen molar-refractivity contribution < 1.29 is 5.11 Å². The summed E-state index contributed by atoms with van der Waals surface area (Å²) in [6.45, 7) is 4.88. The van der Waals surface area contributed by atoms with Crippen molar-refractivity contribution >= 4 is 17.1 Å². The number of pyridine rings is 1. The van der Waals surface area contributed by atoms with Gasteiger partial charge in [-0.2, -0.15) is 4.98 Å². The van der Waals surface area contributed by atoms with E-state index in [1.807, 2.05) is 12.3 Å². The van der Waals surface area contributed by atoms with E-state index in [4.69, 9.17) is 4.98 Å². The fourth-order valence-corrected chi connectivity index (χ4v) is 3.24. The Morgan fingerprint density at radius 3 is 2.67 bits per heavy atom. The molecule has 0 bridgehead atoms. The summed E-state index contributed by atoms with van der Waals surface area (Å²) in [4.78, 5) is 11.6. The molecule has 124 valence electrons. The van der Waals surface area contributed by atoms with Crippen molar-refractivity contribution in [3.63, 3.8) is 0 Å². The topological polar surface area (TPSA) is 54.2 Å². The molecular weight excluding hydrogens is 300 g/mol. The van der Waals surface area contributed by atoms with E-state index in [9.17, 15) is 5.11 Å². The molecule has 0 radical (unpaired) electrons. The third-order valence-electron chi connectivity index (χ3n) is 4.73. The van der Waals surface area contributed by atoms with Crippen molar-refractivity contribution in [1.82, 2.24) is 14.5 Å². The van der Waals surface area contributed by atoms with Gasteiger partial charge < -0.3 is 14.6 Å². The van der Waals surface area contributed by atoms with Gasteiger partial charge in [0, 0.05) is 31.8 Å². The average molecular weight is 322 g/mol. The molecule has 24 heavy (non-hydrogen) atoms. The Bertz CT molecular complexity index is 837. The number of imidazole rings is 1. The van der Waals surface area contributed by atoms with Gasteiger partial charge in [0.05, 0.1) is 12.1 Å². The number of aliphatic hydroxyl groups is 1. The second-order valence-electron chi connectivity index (χ2n) is 6.48. The van der Waals surface area contributed by atoms with Crippen molar-refractivity contribution in [3.8, 4) is 0 Å². The zero-order valence-corrected chi connectivity index (χ0v) is 13.9. The Balaban J connectivity index is 1.77. The summed E-state index contributed by atoms with van der Waals surface area (Å²) in [5.74, 6) is 1.31. The molecule has 0 saturated carbocycles. The number of anilines is 1. The number of aryl methyl sites for hydroxylation is 1. The summed E-state index contributed by atoms with van der Waals surface area (Å²) in [6.07, 6.45) is 2.88. The summed E-state index contributed by atoms with van der Waals surface area (Å²) in [5.41, 5.74) is 4.35. The second kappa shape index (κ2) is 6.24. The van der Waals surface area contributed by atoms with E-state index in [1.54, 1.807) is 0 Å². The molecule has 3 aromatic rings. The van der Waals surface area contributed by atoms with Crippen LogP contribution in [-0.4, -0.2) is 39.3 Å². The maximum absolute atomic E-state index is 9.30. The van der Waals surface area contributed by atoms with Crippen LogP contribution in [0.25, 0.3) is 11.2 Å². The first kappa shape index (κ1) is 15.1. The molecule has 1 aliphatic heterocycles. The number of hydrogen-bond acceptors (Lipinski definition) is 4. The molecule has 1 fully saturated rings. The molecule has 0 unspecified atom stereocenters. The highest BCUT2D eigenvalue weighted by Crippen LogP contribution is 2.28. The minimum Gasteiger partial charge on any atom is -0.396 e. The van der Waals surface area contributed by atoms with Crippen LogP contribution in [0.3, 0.4) is 0 Å². The Morgan fingerprint density at radius 2 is 1.96 bits per heavy atom. The molecule has 1 aliphatic rings. The maximum atomic E-state index is 9.30. The van der Waals surface area contributed by atoms with Crippen LogP contribution >= 0.6 is 0 Å². The summed E-state index contributed by atoms with van der Waals surface area (Å²) in [5, 5.41) is 9.30. The van der Waals surface area contributed by atoms with Crippen LogP contribution in [-0.2, 0) is 13.0 Å². The number of fused-ring (bicyclic) bond motifs is 1. The Hall–Kier alpha value is -2.40. The van der Waals surface area contributed by atoms with E-state index in [0.717, 1.165) is 43.2 Å². The van der Waals surface area contributed by atoms with Gasteiger partial charge in [0.1, 0.15) is 0 Å². The third kappa shape index (κ3) is 2.65. The van der Waals surface area contributed by atoms with Crippen LogP contribution in [0.15, 0.2) is 42.6 Å². The lowest BCUT2D eigenvalue weighted by Gasteiger charge is -2.39. The maximum Gasteiger partial charge on any atom is 0.208 e. The fraction of sp³-hybridized carbons (Fsp3) is 0.368. The summed E-state index contributed by atoms with van der Waals surface area (Å²) < 4.78 is 2.25. The average Bonchev–Trinajstić information content (AvgIpc) is 2.92. The van der Waals surface area contributed by atoms with Crippen LogP contribution in [0.2, 0.25) is 0 Å². The molecule has 2 aromatic heterocycles. The molecule has 0 atom stereocenters. The first-order valence-corrected chi connectivity index (χ1v) is 8.53. The SMILES string of the molecule is CCc1cnc2nc(N3CC(CO)C3)n(Cc3ccccc3)c2c1. The number of nitrogens with zero attached hydrogens (tertiary/aromatic N) is 4. The lowest BCUT2D eigenvalue weighted by atomic mass is 10.0. The van der Waals surface area contributed by atoms with E-state index in [-0.39, 0.29) is 6.61 Å². The van der Waals surface area contributed by atoms with Crippen LogP contribution in [0.4, 0.5) is 5.95 Å². The van der Waals surface area contributed by atoms with Crippen molar-refractivity contribution in [3.05, 3.63) is 53.7 Å². The normalized spacial score (nSPS) is 15.0. The van der Waals surface area contributed by atoms with Crippen molar-refractivity contribution in [2.45, 2.75) is 19.9 Å². The predicted molar refractivity (Wildman–Crippen MR) is 95.2 cm³/mol. The lowest BCUT2D eigenvalue weighted by Crippen LogP contribution is -2.49. The zero-order valence-electron chi connectivity index (χ0n) is 13.9. The second-order valence-corrected chi connectivity index (χ2v) is 6.48. The monoisotopic (exact) mass is 322 g/mol. The predicted octanol–water partition coefficient (Wildman–Crippen LogP) is 2.47. The highest BCUT2D eigenvalue weighted by molar-refractivity contribution is 5.76. The molecular formula is C19H22N4O. The van der Waals surface area contributed by atoms with Gasteiger partial charge in [-0.05, 0) is 23.6 Å². The molecule has 3 heterocycles. The van der Waals surface area contributed by atoms with Crippen LogP contribution in [0.1, 0.15) is 18.1 Å². The Labute approximate surface area is 141 Å². The van der Waals surface area contributed by atoms with Gasteiger partial charge in [0.25, 0.3) is 0 Å². The number of hydrogen-bond donors (Lipinski definition) is 1. The summed E-state index contributed by atoms with van der Waals surface area (Å²) >= 11 is 0. The largest absolute Gasteiger partial charge is 0.396 e. The molecule has 1 aromatic carbocycles. The molecule has 1 saturated heterocycles. The first-order valence-electron chi connectivity index (χ1n) is 8.53. The van der Waals surface area contributed by atoms with E-state index >= 15 is 0 Å². The fourth-order valence-electron chi connectivity index (χ4n) is 3.24. The van der Waals surface area contributed by atoms with Crippen LogP contribution in [0.5, 0.6) is 0 Å². The molecule has 0 spiro atoms. The first-order chi connectivity index (χ1) is 11.8. The smallest absolute Gasteiger partial charge is 0.208 e. The lowest BCUT2D eigenvalue weighted by molar-refractivity contribution is 0.199. The van der Waals surface area contributed by atoms with Gasteiger partial charge in [0.2, 0.25) is 5.95 Å². The summed E-state index contributed by atoms with van der Waals surface area (Å²) in [6, 6.07) is 12.6. The van der Waals surface area contributed by atoms with E-state index in [2.05, 4.69) is 51.7 Å². The molecule has 4 rings (SSSR count). The number of aliphatic hydroxyl groups excluding tert-OH is 1. The van der Waals surface area contributed by atoms with Gasteiger partial charge >= 0.3 is 0 Å². The Morgan fingerprint density at radius 1 is 1.17 bits per heavy atom. The summed E-state index contributed by atoms with van der Waals surface area (Å²) in [7, 11) is 0. The van der Waals surface area contributed by atoms with E-state index in [1.165, 1.54) is 11.1 Å². The van der Waals surface area contributed by atoms with Crippen molar-refractivity contribution in [2.24, 2.45) is 5.92 Å². The van der Waals surface area contributed by atoms with Crippen molar-refractivity contribution in [2.75, 3.05) is 24.6 Å². The number of rotatable bonds is 5. The van der Waals surface area contributed by atoms with Gasteiger partial charge in [-0.15, -0.1) is 0 Å². The third-order valence-corrected chi connectivity index (χ3v) is 4.73. The Kier molecular flexibility index (Phi) is 3.94. The molecule has 1 N–H and O–H groups in total. The van der Waals surface area contributed by atoms with Gasteiger partial charge in [-0.1, -0.05) is 37.3 Å². The molecule has 5 nitrogen and oxygen atoms in total. The van der Waals surface area contributed by atoms with Crippen molar-refractivity contribution in [1.29, 1.82) is 0 Å². The van der Waals surface area contributed by atoms with E-state index < -0.39 is 0 Å². The highest BCUT2D eigenvalue weighted by Gasteiger charge is 2.30. The van der Waals surface area contributed by atoms with Gasteiger partial charge in [0.15, 0.2) is 5.65 Å². The minimum atomic E-state index is 0.244. The number of aromatic nitrogens is 3. The van der Waals surface area contributed by atoms with Gasteiger partial charge in [-0.3, -0.25) is 0 Å². The molecule has 0 aliphatic carbocycles. The standard InChI is InChI=1S/C19H22N4O/c1-2-14-8-17-18(20-9-14)21-19(22-10-16(11-22)13-24)23(17)12-15-6-4-3-5-7-15/h3-9,16,24H,2,10-13H2,1H3. The molecule has 5 heteroatoms. The quantitative estimate of drug-likeness (QED) is 0.784. The molecule has 0 amide bonds. The van der Waals surface area contributed by atoms with Crippen LogP contribution < -0.4 is 4.90 Å².